The number of aryl methyl sites for hydroxylation is 1. The Labute approximate surface area is 178 Å². The van der Waals surface area contributed by atoms with Crippen molar-refractivity contribution in [1.29, 1.82) is 0 Å². The van der Waals surface area contributed by atoms with Gasteiger partial charge in [-0.15, -0.1) is 0 Å². The molecule has 3 rings (SSSR count). The number of fused-ring (bicyclic) bond motifs is 1. The summed E-state index contributed by atoms with van der Waals surface area (Å²) in [7, 11) is -2.83. The Morgan fingerprint density at radius 3 is 2.77 bits per heavy atom. The Kier molecular flexibility index (Phi) is 9.08. The Bertz CT molecular complexity index is 1030. The lowest BCUT2D eigenvalue weighted by molar-refractivity contribution is 0.276. The maximum atomic E-state index is 10.5. The number of nitrogens with one attached hydrogen (secondary N) is 1. The second-order valence-electron chi connectivity index (χ2n) is 6.96. The third-order valence-electron chi connectivity index (χ3n) is 4.73. The molecule has 30 heavy (non-hydrogen) atoms. The van der Waals surface area contributed by atoms with Crippen LogP contribution in [0.1, 0.15) is 36.0 Å². The van der Waals surface area contributed by atoms with Crippen LogP contribution in [-0.4, -0.2) is 23.0 Å². The first-order valence-corrected chi connectivity index (χ1v) is 11.5. The van der Waals surface area contributed by atoms with Crippen molar-refractivity contribution in [2.75, 3.05) is 13.2 Å². The molecule has 0 spiro atoms. The largest absolute Gasteiger partial charge is 0.326 e. The molecule has 0 aliphatic heterocycles. The molecule has 0 saturated heterocycles. The first-order valence-electron chi connectivity index (χ1n) is 10.2. The molecule has 0 aliphatic rings. The van der Waals surface area contributed by atoms with Gasteiger partial charge in [-0.3, -0.25) is 9.55 Å². The zero-order valence-electron chi connectivity index (χ0n) is 16.9. The fourth-order valence-electron chi connectivity index (χ4n) is 3.25. The summed E-state index contributed by atoms with van der Waals surface area (Å²) in [6.07, 6.45) is 5.43. The Morgan fingerprint density at radius 1 is 1.07 bits per heavy atom. The van der Waals surface area contributed by atoms with Crippen LogP contribution in [0.2, 0.25) is 0 Å². The highest BCUT2D eigenvalue weighted by Crippen LogP contribution is 2.20. The number of aromatic nitrogens is 1. The number of benzene rings is 2. The van der Waals surface area contributed by atoms with E-state index in [2.05, 4.69) is 64.6 Å². The summed E-state index contributed by atoms with van der Waals surface area (Å²) < 4.78 is 15.2. The van der Waals surface area contributed by atoms with E-state index in [0.717, 1.165) is 41.3 Å². The molecule has 1 heterocycles. The Hall–Kier alpha value is -2.48. The molecule has 0 bridgehead atoms. The summed E-state index contributed by atoms with van der Waals surface area (Å²) in [6, 6.07) is 18.6. The standard InChI is InChI=1S/C24H27N2O3P/c27-30(28)29-18-8-16-25-19-22-15-14-21(23-13-7-17-26-24(22)23)12-6-2-5-11-20-9-3-1-4-10-20/h1,3-4,7,9-10,13-15,17,25,30H,2,5,8,11,16,18-19H2,(H,27,28). The molecule has 2 aromatic carbocycles. The summed E-state index contributed by atoms with van der Waals surface area (Å²) in [5, 5.41) is 4.40. The minimum atomic E-state index is -2.83. The number of unbranched alkanes of at least 4 members (excludes halogenated alkanes) is 1. The van der Waals surface area contributed by atoms with Crippen LogP contribution in [0.3, 0.4) is 0 Å². The molecule has 1 atom stereocenters. The number of hydrogen-bond donors (Lipinski definition) is 2. The van der Waals surface area contributed by atoms with Gasteiger partial charge in [0.15, 0.2) is 0 Å². The first-order chi connectivity index (χ1) is 14.7. The summed E-state index contributed by atoms with van der Waals surface area (Å²) in [5.41, 5.74) is 4.42. The zero-order chi connectivity index (χ0) is 21.0. The molecule has 0 radical (unpaired) electrons. The number of nitrogens with zero attached hydrogens (tertiary/aromatic N) is 1. The van der Waals surface area contributed by atoms with E-state index in [1.54, 1.807) is 6.20 Å². The van der Waals surface area contributed by atoms with Gasteiger partial charge in [0.2, 0.25) is 0 Å². The van der Waals surface area contributed by atoms with Crippen molar-refractivity contribution in [1.82, 2.24) is 10.3 Å². The Balaban J connectivity index is 1.56. The maximum absolute atomic E-state index is 10.5. The van der Waals surface area contributed by atoms with E-state index in [1.807, 2.05) is 12.1 Å². The fourth-order valence-corrected chi connectivity index (χ4v) is 3.56. The molecule has 1 aromatic heterocycles. The number of pyridine rings is 1. The van der Waals surface area contributed by atoms with Gasteiger partial charge in [0.05, 0.1) is 12.1 Å². The van der Waals surface area contributed by atoms with Gasteiger partial charge >= 0.3 is 8.25 Å². The number of rotatable bonds is 10. The highest BCUT2D eigenvalue weighted by Gasteiger charge is 2.05. The normalized spacial score (nSPS) is 11.8. The van der Waals surface area contributed by atoms with Crippen LogP contribution in [0, 0.1) is 11.8 Å². The van der Waals surface area contributed by atoms with Crippen molar-refractivity contribution in [3.8, 4) is 11.8 Å². The van der Waals surface area contributed by atoms with Crippen LogP contribution in [0.15, 0.2) is 60.8 Å². The monoisotopic (exact) mass is 422 g/mol. The average molecular weight is 422 g/mol. The molecular formula is C24H27N2O3P. The average Bonchev–Trinajstić information content (AvgIpc) is 2.77. The first kappa shape index (κ1) is 22.2. The van der Waals surface area contributed by atoms with Crippen LogP contribution in [0.25, 0.3) is 10.9 Å². The predicted octanol–water partition coefficient (Wildman–Crippen LogP) is 4.49. The molecule has 0 aliphatic carbocycles. The molecule has 3 aromatic rings. The van der Waals surface area contributed by atoms with Crippen molar-refractivity contribution >= 4 is 19.2 Å². The molecule has 0 fully saturated rings. The van der Waals surface area contributed by atoms with E-state index in [-0.39, 0.29) is 6.61 Å². The molecule has 0 saturated carbocycles. The minimum Gasteiger partial charge on any atom is -0.326 e. The van der Waals surface area contributed by atoms with E-state index in [9.17, 15) is 4.57 Å². The van der Waals surface area contributed by atoms with Crippen molar-refractivity contribution in [2.45, 2.75) is 32.2 Å². The van der Waals surface area contributed by atoms with E-state index in [1.165, 1.54) is 5.56 Å². The van der Waals surface area contributed by atoms with Gasteiger partial charge in [-0.2, -0.15) is 0 Å². The van der Waals surface area contributed by atoms with Crippen molar-refractivity contribution in [3.63, 3.8) is 0 Å². The molecule has 1 unspecified atom stereocenters. The predicted molar refractivity (Wildman–Crippen MR) is 121 cm³/mol. The van der Waals surface area contributed by atoms with Gasteiger partial charge in [0.1, 0.15) is 0 Å². The summed E-state index contributed by atoms with van der Waals surface area (Å²) in [5.74, 6) is 6.63. The summed E-state index contributed by atoms with van der Waals surface area (Å²) in [6.45, 7) is 1.65. The van der Waals surface area contributed by atoms with E-state index in [4.69, 9.17) is 9.42 Å². The number of hydrogen-bond acceptors (Lipinski definition) is 4. The smallest absolute Gasteiger partial charge is 0.316 e. The highest BCUT2D eigenvalue weighted by molar-refractivity contribution is 7.32. The van der Waals surface area contributed by atoms with Gasteiger partial charge in [0.25, 0.3) is 0 Å². The van der Waals surface area contributed by atoms with Gasteiger partial charge in [-0.1, -0.05) is 54.3 Å². The van der Waals surface area contributed by atoms with Gasteiger partial charge < -0.3 is 14.7 Å². The lowest BCUT2D eigenvalue weighted by atomic mass is 10.0. The van der Waals surface area contributed by atoms with Crippen LogP contribution in [0.5, 0.6) is 0 Å². The maximum Gasteiger partial charge on any atom is 0.316 e. The van der Waals surface area contributed by atoms with Gasteiger partial charge in [-0.25, -0.2) is 0 Å². The van der Waals surface area contributed by atoms with Crippen LogP contribution in [-0.2, 0) is 22.1 Å². The van der Waals surface area contributed by atoms with Gasteiger partial charge in [0, 0.05) is 30.1 Å². The van der Waals surface area contributed by atoms with Gasteiger partial charge in [-0.05, 0) is 49.1 Å². The zero-order valence-corrected chi connectivity index (χ0v) is 17.9. The lowest BCUT2D eigenvalue weighted by Gasteiger charge is -2.09. The second-order valence-corrected chi connectivity index (χ2v) is 7.78. The van der Waals surface area contributed by atoms with E-state index in [0.29, 0.717) is 19.5 Å². The Morgan fingerprint density at radius 2 is 1.93 bits per heavy atom. The minimum absolute atomic E-state index is 0.277. The quantitative estimate of drug-likeness (QED) is 0.286. The van der Waals surface area contributed by atoms with Crippen molar-refractivity contribution in [3.05, 3.63) is 77.5 Å². The summed E-state index contributed by atoms with van der Waals surface area (Å²) in [4.78, 5) is 13.2. The second kappa shape index (κ2) is 12.3. The molecule has 156 valence electrons. The lowest BCUT2D eigenvalue weighted by Crippen LogP contribution is -2.16. The van der Waals surface area contributed by atoms with Crippen LogP contribution < -0.4 is 5.32 Å². The van der Waals surface area contributed by atoms with E-state index < -0.39 is 8.25 Å². The molecule has 2 N–H and O–H groups in total. The fraction of sp³-hybridized carbons (Fsp3) is 0.292. The molecule has 0 amide bonds. The van der Waals surface area contributed by atoms with E-state index >= 15 is 0 Å². The third kappa shape index (κ3) is 7.09. The highest BCUT2D eigenvalue weighted by atomic mass is 31.1. The van der Waals surface area contributed by atoms with Crippen LogP contribution >= 0.6 is 8.25 Å². The third-order valence-corrected chi connectivity index (χ3v) is 5.18. The molecule has 6 heteroatoms. The van der Waals surface area contributed by atoms with Crippen molar-refractivity contribution in [2.24, 2.45) is 0 Å². The van der Waals surface area contributed by atoms with Crippen LogP contribution in [0.4, 0.5) is 0 Å². The van der Waals surface area contributed by atoms with Crippen molar-refractivity contribution < 1.29 is 14.0 Å². The topological polar surface area (TPSA) is 71.5 Å². The molecular weight excluding hydrogens is 395 g/mol. The summed E-state index contributed by atoms with van der Waals surface area (Å²) >= 11 is 0. The SMILES string of the molecule is O=[PH](O)OCCCNCc1ccc(C#CCCCc2ccccc2)c2cccnc12. The molecule has 5 nitrogen and oxygen atoms in total.